The van der Waals surface area contributed by atoms with Crippen molar-refractivity contribution in [1.29, 1.82) is 0 Å². The Morgan fingerprint density at radius 1 is 1.18 bits per heavy atom. The lowest BCUT2D eigenvalue weighted by molar-refractivity contribution is -0.125. The molecule has 0 heterocycles. The lowest BCUT2D eigenvalue weighted by Crippen LogP contribution is -2.33. The van der Waals surface area contributed by atoms with Crippen LogP contribution in [0.15, 0.2) is 36.4 Å². The fourth-order valence-corrected chi connectivity index (χ4v) is 4.36. The van der Waals surface area contributed by atoms with E-state index in [0.717, 1.165) is 18.4 Å². The van der Waals surface area contributed by atoms with E-state index >= 15 is 0 Å². The Balaban J connectivity index is 2.25. The molecule has 2 aliphatic carbocycles. The van der Waals surface area contributed by atoms with Crippen LogP contribution in [0.3, 0.4) is 0 Å². The van der Waals surface area contributed by atoms with Gasteiger partial charge in [0.25, 0.3) is 0 Å². The summed E-state index contributed by atoms with van der Waals surface area (Å²) in [5, 5.41) is 0. The summed E-state index contributed by atoms with van der Waals surface area (Å²) in [7, 11) is 0. The van der Waals surface area contributed by atoms with Gasteiger partial charge in [-0.05, 0) is 37.8 Å². The van der Waals surface area contributed by atoms with Gasteiger partial charge < -0.3 is 0 Å². The van der Waals surface area contributed by atoms with Crippen LogP contribution in [0.1, 0.15) is 49.7 Å². The standard InChI is InChI=1S/C16H18O/c1-10(2)16(11(3)17)14-8-9-15(16)13-7-5-4-6-12(13)14/h4-7,14-15H,1,8-9H2,2-3H3. The van der Waals surface area contributed by atoms with E-state index in [9.17, 15) is 4.79 Å². The highest BCUT2D eigenvalue weighted by Crippen LogP contribution is 2.67. The molecule has 17 heavy (non-hydrogen) atoms. The highest BCUT2D eigenvalue weighted by Gasteiger charge is 2.60. The number of fused-ring (bicyclic) bond motifs is 5. The quantitative estimate of drug-likeness (QED) is 0.701. The number of carbonyl (C=O) groups excluding carboxylic acids is 1. The van der Waals surface area contributed by atoms with Crippen molar-refractivity contribution in [3.8, 4) is 0 Å². The molecule has 2 bridgehead atoms. The van der Waals surface area contributed by atoms with E-state index in [4.69, 9.17) is 0 Å². The van der Waals surface area contributed by atoms with Crippen LogP contribution in [0, 0.1) is 5.41 Å². The number of benzene rings is 1. The molecule has 0 spiro atoms. The maximum atomic E-state index is 12.3. The summed E-state index contributed by atoms with van der Waals surface area (Å²) in [6.07, 6.45) is 2.27. The SMILES string of the molecule is C=C(C)C1(C(C)=O)C2CCC1c1ccccc12. The van der Waals surface area contributed by atoms with E-state index in [1.54, 1.807) is 6.92 Å². The molecule has 0 aromatic heterocycles. The minimum absolute atomic E-state index is 0.300. The topological polar surface area (TPSA) is 17.1 Å². The first-order chi connectivity index (χ1) is 8.10. The molecule has 2 aliphatic rings. The number of ketones is 1. The minimum Gasteiger partial charge on any atom is -0.299 e. The summed E-state index contributed by atoms with van der Waals surface area (Å²) in [6.45, 7) is 7.90. The predicted molar refractivity (Wildman–Crippen MR) is 69.1 cm³/mol. The van der Waals surface area contributed by atoms with E-state index in [-0.39, 0.29) is 5.41 Å². The summed E-state index contributed by atoms with van der Waals surface area (Å²) in [5.41, 5.74) is 3.53. The maximum absolute atomic E-state index is 12.3. The fraction of sp³-hybridized carbons (Fsp3) is 0.438. The molecular formula is C16H18O. The first kappa shape index (κ1) is 10.8. The summed E-state index contributed by atoms with van der Waals surface area (Å²) in [6, 6.07) is 8.56. The largest absolute Gasteiger partial charge is 0.299 e. The van der Waals surface area contributed by atoms with Gasteiger partial charge in [-0.3, -0.25) is 4.79 Å². The zero-order valence-corrected chi connectivity index (χ0v) is 10.5. The third-order valence-corrected chi connectivity index (χ3v) is 4.88. The molecule has 0 radical (unpaired) electrons. The molecular weight excluding hydrogens is 208 g/mol. The van der Waals surface area contributed by atoms with Gasteiger partial charge in [0, 0.05) is 11.8 Å². The highest BCUT2D eigenvalue weighted by molar-refractivity contribution is 5.90. The molecule has 1 aromatic rings. The van der Waals surface area contributed by atoms with Gasteiger partial charge in [0.2, 0.25) is 0 Å². The third kappa shape index (κ3) is 1.07. The molecule has 88 valence electrons. The van der Waals surface area contributed by atoms with E-state index < -0.39 is 0 Å². The van der Waals surface area contributed by atoms with Crippen molar-refractivity contribution >= 4 is 5.78 Å². The average Bonchev–Trinajstić information content (AvgIpc) is 2.81. The molecule has 0 amide bonds. The predicted octanol–water partition coefficient (Wildman–Crippen LogP) is 3.81. The molecule has 1 nitrogen and oxygen atoms in total. The van der Waals surface area contributed by atoms with E-state index in [0.29, 0.717) is 17.6 Å². The fourth-order valence-electron chi connectivity index (χ4n) is 4.36. The zero-order valence-electron chi connectivity index (χ0n) is 10.5. The van der Waals surface area contributed by atoms with E-state index in [1.807, 2.05) is 6.92 Å². The number of rotatable bonds is 2. The van der Waals surface area contributed by atoms with Crippen molar-refractivity contribution in [3.05, 3.63) is 47.5 Å². The van der Waals surface area contributed by atoms with E-state index in [1.165, 1.54) is 11.1 Å². The van der Waals surface area contributed by atoms with Crippen molar-refractivity contribution in [3.63, 3.8) is 0 Å². The van der Waals surface area contributed by atoms with Crippen molar-refractivity contribution in [2.45, 2.75) is 38.5 Å². The Kier molecular flexibility index (Phi) is 2.10. The zero-order chi connectivity index (χ0) is 12.2. The second kappa shape index (κ2) is 3.32. The highest BCUT2D eigenvalue weighted by atomic mass is 16.1. The number of carbonyl (C=O) groups is 1. The van der Waals surface area contributed by atoms with Crippen molar-refractivity contribution in [2.24, 2.45) is 5.41 Å². The van der Waals surface area contributed by atoms with E-state index in [2.05, 4.69) is 30.8 Å². The van der Waals surface area contributed by atoms with Crippen molar-refractivity contribution < 1.29 is 4.79 Å². The van der Waals surface area contributed by atoms with Crippen LogP contribution in [0.5, 0.6) is 0 Å². The molecule has 3 rings (SSSR count). The number of Topliss-reactive ketones (excluding diaryl/α,β-unsaturated/α-hetero) is 1. The van der Waals surface area contributed by atoms with Gasteiger partial charge >= 0.3 is 0 Å². The van der Waals surface area contributed by atoms with Crippen molar-refractivity contribution in [2.75, 3.05) is 0 Å². The normalized spacial score (nSPS) is 33.5. The van der Waals surface area contributed by atoms with Crippen LogP contribution in [0.4, 0.5) is 0 Å². The van der Waals surface area contributed by atoms with Gasteiger partial charge in [-0.25, -0.2) is 0 Å². The summed E-state index contributed by atoms with van der Waals surface area (Å²) >= 11 is 0. The van der Waals surface area contributed by atoms with Crippen LogP contribution in [0.2, 0.25) is 0 Å². The van der Waals surface area contributed by atoms with Crippen LogP contribution < -0.4 is 0 Å². The molecule has 1 saturated carbocycles. The molecule has 1 fully saturated rings. The maximum Gasteiger partial charge on any atom is 0.141 e. The smallest absolute Gasteiger partial charge is 0.141 e. The molecule has 1 aromatic carbocycles. The van der Waals surface area contributed by atoms with Gasteiger partial charge in [-0.1, -0.05) is 36.4 Å². The lowest BCUT2D eigenvalue weighted by atomic mass is 9.68. The first-order valence-electron chi connectivity index (χ1n) is 6.36. The second-order valence-electron chi connectivity index (χ2n) is 5.52. The van der Waals surface area contributed by atoms with Crippen LogP contribution in [-0.4, -0.2) is 5.78 Å². The molecule has 0 aliphatic heterocycles. The Morgan fingerprint density at radius 2 is 1.65 bits per heavy atom. The monoisotopic (exact) mass is 226 g/mol. The molecule has 1 heteroatoms. The molecule has 2 unspecified atom stereocenters. The van der Waals surface area contributed by atoms with Gasteiger partial charge in [-0.2, -0.15) is 0 Å². The summed E-state index contributed by atoms with van der Waals surface area (Å²) in [4.78, 5) is 12.3. The number of hydrogen-bond acceptors (Lipinski definition) is 1. The Morgan fingerprint density at radius 3 is 2.00 bits per heavy atom. The van der Waals surface area contributed by atoms with Gasteiger partial charge in [0.1, 0.15) is 5.78 Å². The molecule has 0 N–H and O–H groups in total. The third-order valence-electron chi connectivity index (χ3n) is 4.88. The summed E-state index contributed by atoms with van der Waals surface area (Å²) in [5.74, 6) is 1.05. The van der Waals surface area contributed by atoms with Crippen LogP contribution in [0.25, 0.3) is 0 Å². The van der Waals surface area contributed by atoms with Crippen molar-refractivity contribution in [1.82, 2.24) is 0 Å². The van der Waals surface area contributed by atoms with Gasteiger partial charge in [-0.15, -0.1) is 0 Å². The lowest BCUT2D eigenvalue weighted by Gasteiger charge is -2.32. The minimum atomic E-state index is -0.302. The van der Waals surface area contributed by atoms with Gasteiger partial charge in [0.05, 0.1) is 5.41 Å². The summed E-state index contributed by atoms with van der Waals surface area (Å²) < 4.78 is 0. The van der Waals surface area contributed by atoms with Crippen LogP contribution in [-0.2, 0) is 4.79 Å². The van der Waals surface area contributed by atoms with Gasteiger partial charge in [0.15, 0.2) is 0 Å². The second-order valence-corrected chi connectivity index (χ2v) is 5.52. The van der Waals surface area contributed by atoms with Crippen LogP contribution >= 0.6 is 0 Å². The number of allylic oxidation sites excluding steroid dienone is 1. The average molecular weight is 226 g/mol. The Hall–Kier alpha value is -1.37. The number of hydrogen-bond donors (Lipinski definition) is 0. The Bertz CT molecular complexity index is 465. The molecule has 2 atom stereocenters. The Labute approximate surface area is 103 Å². The first-order valence-corrected chi connectivity index (χ1v) is 6.36. The molecule has 0 saturated heterocycles.